The van der Waals surface area contributed by atoms with Crippen molar-refractivity contribution in [2.45, 2.75) is 37.1 Å². The maximum atomic E-state index is 9.95. The van der Waals surface area contributed by atoms with Crippen molar-refractivity contribution in [2.75, 3.05) is 6.61 Å². The topological polar surface area (TPSA) is 117 Å². The van der Waals surface area contributed by atoms with Gasteiger partial charge in [-0.1, -0.05) is 6.07 Å². The molecular weight excluding hydrogens is 252 g/mol. The minimum Gasteiger partial charge on any atom is -0.395 e. The van der Waals surface area contributed by atoms with Crippen molar-refractivity contribution in [3.8, 4) is 0 Å². The number of aliphatic hydroxyl groups excluding tert-OH is 5. The highest BCUT2D eigenvalue weighted by Gasteiger charge is 2.46. The first-order chi connectivity index (χ1) is 9.06. The lowest BCUT2D eigenvalue weighted by Gasteiger charge is -2.46. The molecular formula is C12H18N2O5. The highest BCUT2D eigenvalue weighted by Crippen LogP contribution is 2.24. The molecule has 5 atom stereocenters. The van der Waals surface area contributed by atoms with Crippen molar-refractivity contribution >= 4 is 0 Å². The molecule has 0 radical (unpaired) electrons. The van der Waals surface area contributed by atoms with Crippen LogP contribution in [0.1, 0.15) is 5.69 Å². The van der Waals surface area contributed by atoms with Gasteiger partial charge in [-0.05, 0) is 12.1 Å². The number of aromatic nitrogens is 1. The molecule has 1 aromatic rings. The van der Waals surface area contributed by atoms with E-state index in [2.05, 4.69) is 4.98 Å². The SMILES string of the molecule is OC[C@@H]1[C@@H](O)[C@H](O)[C@@H](O)C(O)N1Cc1ccccn1. The molecule has 0 aromatic carbocycles. The first kappa shape index (κ1) is 14.3. The molecule has 0 spiro atoms. The molecule has 7 nitrogen and oxygen atoms in total. The smallest absolute Gasteiger partial charge is 0.137 e. The van der Waals surface area contributed by atoms with Crippen LogP contribution in [0.4, 0.5) is 0 Å². The summed E-state index contributed by atoms with van der Waals surface area (Å²) < 4.78 is 0. The van der Waals surface area contributed by atoms with Crippen molar-refractivity contribution in [3.05, 3.63) is 30.1 Å². The lowest BCUT2D eigenvalue weighted by Crippen LogP contribution is -2.66. The van der Waals surface area contributed by atoms with Gasteiger partial charge in [-0.15, -0.1) is 0 Å². The second kappa shape index (κ2) is 5.91. The Morgan fingerprint density at radius 1 is 1.05 bits per heavy atom. The summed E-state index contributed by atoms with van der Waals surface area (Å²) in [6.07, 6.45) is -4.13. The average Bonchev–Trinajstić information content (AvgIpc) is 2.44. The summed E-state index contributed by atoms with van der Waals surface area (Å²) in [7, 11) is 0. The fraction of sp³-hybridized carbons (Fsp3) is 0.583. The largest absolute Gasteiger partial charge is 0.395 e. The molecule has 7 heteroatoms. The molecule has 0 saturated carbocycles. The zero-order chi connectivity index (χ0) is 14.0. The summed E-state index contributed by atoms with van der Waals surface area (Å²) in [5.74, 6) is 0. The Morgan fingerprint density at radius 2 is 1.79 bits per heavy atom. The zero-order valence-corrected chi connectivity index (χ0v) is 10.2. The minimum atomic E-state index is -1.50. The van der Waals surface area contributed by atoms with E-state index in [0.29, 0.717) is 5.69 Å². The van der Waals surface area contributed by atoms with E-state index in [9.17, 15) is 25.5 Å². The first-order valence-electron chi connectivity index (χ1n) is 6.05. The third-order valence-corrected chi connectivity index (χ3v) is 3.42. The summed E-state index contributed by atoms with van der Waals surface area (Å²) in [6, 6.07) is 4.38. The Bertz CT molecular complexity index is 404. The molecule has 1 saturated heterocycles. The van der Waals surface area contributed by atoms with Gasteiger partial charge in [0.05, 0.1) is 18.3 Å². The number of pyridine rings is 1. The molecule has 5 N–H and O–H groups in total. The Labute approximate surface area is 110 Å². The third-order valence-electron chi connectivity index (χ3n) is 3.42. The summed E-state index contributed by atoms with van der Waals surface area (Å²) in [6.45, 7) is -0.303. The number of aliphatic hydroxyl groups is 5. The van der Waals surface area contributed by atoms with Gasteiger partial charge >= 0.3 is 0 Å². The van der Waals surface area contributed by atoms with Crippen molar-refractivity contribution < 1.29 is 25.5 Å². The molecule has 2 rings (SSSR count). The second-order valence-corrected chi connectivity index (χ2v) is 4.63. The average molecular weight is 270 g/mol. The number of rotatable bonds is 3. The highest BCUT2D eigenvalue weighted by atomic mass is 16.4. The van der Waals surface area contributed by atoms with Crippen LogP contribution in [0.5, 0.6) is 0 Å². The summed E-state index contributed by atoms with van der Waals surface area (Å²) in [5.41, 5.74) is 0.621. The van der Waals surface area contributed by atoms with Crippen molar-refractivity contribution in [2.24, 2.45) is 0 Å². The highest BCUT2D eigenvalue weighted by molar-refractivity contribution is 5.06. The predicted octanol–water partition coefficient (Wildman–Crippen LogP) is -2.34. The fourth-order valence-corrected chi connectivity index (χ4v) is 2.30. The van der Waals surface area contributed by atoms with Crippen LogP contribution in [-0.4, -0.2) is 72.6 Å². The number of piperidine rings is 1. The van der Waals surface area contributed by atoms with Gasteiger partial charge in [-0.2, -0.15) is 0 Å². The molecule has 0 aliphatic carbocycles. The summed E-state index contributed by atoms with van der Waals surface area (Å²) >= 11 is 0. The van der Waals surface area contributed by atoms with E-state index in [4.69, 9.17) is 0 Å². The van der Waals surface area contributed by atoms with Gasteiger partial charge in [0, 0.05) is 12.7 Å². The number of hydrogen-bond acceptors (Lipinski definition) is 7. The zero-order valence-electron chi connectivity index (χ0n) is 10.2. The summed E-state index contributed by atoms with van der Waals surface area (Å²) in [5, 5.41) is 48.4. The van der Waals surface area contributed by atoms with Gasteiger partial charge in [-0.25, -0.2) is 0 Å². The van der Waals surface area contributed by atoms with E-state index < -0.39 is 37.2 Å². The molecule has 0 bridgehead atoms. The van der Waals surface area contributed by atoms with E-state index in [1.807, 2.05) is 0 Å². The van der Waals surface area contributed by atoms with Crippen LogP contribution in [0.15, 0.2) is 24.4 Å². The van der Waals surface area contributed by atoms with E-state index in [0.717, 1.165) is 0 Å². The van der Waals surface area contributed by atoms with Gasteiger partial charge in [0.25, 0.3) is 0 Å². The molecule has 2 heterocycles. The Morgan fingerprint density at radius 3 is 2.37 bits per heavy atom. The van der Waals surface area contributed by atoms with Crippen LogP contribution in [-0.2, 0) is 6.54 Å². The number of nitrogens with zero attached hydrogens (tertiary/aromatic N) is 2. The van der Waals surface area contributed by atoms with E-state index in [-0.39, 0.29) is 6.54 Å². The van der Waals surface area contributed by atoms with Crippen molar-refractivity contribution in [3.63, 3.8) is 0 Å². The molecule has 106 valence electrons. The van der Waals surface area contributed by atoms with Gasteiger partial charge in [0.2, 0.25) is 0 Å². The molecule has 1 fully saturated rings. The Hall–Kier alpha value is -1.09. The molecule has 1 aliphatic heterocycles. The number of hydrogen-bond donors (Lipinski definition) is 5. The lowest BCUT2D eigenvalue weighted by atomic mass is 9.92. The number of likely N-dealkylation sites (tertiary alicyclic amines) is 1. The molecule has 1 aromatic heterocycles. The fourth-order valence-electron chi connectivity index (χ4n) is 2.30. The monoisotopic (exact) mass is 270 g/mol. The van der Waals surface area contributed by atoms with Crippen LogP contribution < -0.4 is 0 Å². The van der Waals surface area contributed by atoms with Crippen molar-refractivity contribution in [1.82, 2.24) is 9.88 Å². The standard InChI is InChI=1S/C12H18N2O5/c15-6-8-9(16)10(17)11(18)12(19)14(8)5-7-3-1-2-4-13-7/h1-4,8-12,15-19H,5-6H2/t8-,9-,10+,11-,12?/m1/s1. The molecule has 1 unspecified atom stereocenters. The van der Waals surface area contributed by atoms with Gasteiger partial charge in [0.1, 0.15) is 24.5 Å². The quantitative estimate of drug-likeness (QED) is 0.418. The second-order valence-electron chi connectivity index (χ2n) is 4.63. The molecule has 1 aliphatic rings. The van der Waals surface area contributed by atoms with Crippen LogP contribution in [0.2, 0.25) is 0 Å². The molecule has 19 heavy (non-hydrogen) atoms. The minimum absolute atomic E-state index is 0.147. The third kappa shape index (κ3) is 2.76. The van der Waals surface area contributed by atoms with Gasteiger partial charge in [-0.3, -0.25) is 9.88 Å². The maximum Gasteiger partial charge on any atom is 0.137 e. The van der Waals surface area contributed by atoms with E-state index >= 15 is 0 Å². The van der Waals surface area contributed by atoms with Gasteiger partial charge < -0.3 is 25.5 Å². The molecule has 0 amide bonds. The lowest BCUT2D eigenvalue weighted by molar-refractivity contribution is -0.225. The van der Waals surface area contributed by atoms with Gasteiger partial charge in [0.15, 0.2) is 0 Å². The normalized spacial score (nSPS) is 36.4. The predicted molar refractivity (Wildman–Crippen MR) is 64.7 cm³/mol. The van der Waals surface area contributed by atoms with Crippen molar-refractivity contribution in [1.29, 1.82) is 0 Å². The first-order valence-corrected chi connectivity index (χ1v) is 6.05. The van der Waals surface area contributed by atoms with E-state index in [1.165, 1.54) is 4.90 Å². The van der Waals surface area contributed by atoms with Crippen LogP contribution in [0.3, 0.4) is 0 Å². The van der Waals surface area contributed by atoms with E-state index in [1.54, 1.807) is 24.4 Å². The van der Waals surface area contributed by atoms with Crippen LogP contribution in [0, 0.1) is 0 Å². The summed E-state index contributed by atoms with van der Waals surface area (Å²) in [4.78, 5) is 5.41. The van der Waals surface area contributed by atoms with Crippen LogP contribution in [0.25, 0.3) is 0 Å². The Kier molecular flexibility index (Phi) is 4.46. The maximum absolute atomic E-state index is 9.95. The van der Waals surface area contributed by atoms with Crippen LogP contribution >= 0.6 is 0 Å². The Balaban J connectivity index is 2.20.